The number of fused-ring (bicyclic) bond motifs is 1. The van der Waals surface area contributed by atoms with Gasteiger partial charge in [0.1, 0.15) is 11.5 Å². The van der Waals surface area contributed by atoms with Gasteiger partial charge in [0.2, 0.25) is 0 Å². The third kappa shape index (κ3) is 2.67. The lowest BCUT2D eigenvalue weighted by Crippen LogP contribution is -2.41. The SMILES string of the molecule is Cc1c(C2CCCN(C(=O)c3ccnn3C)C2)n2c(nc1=O)CCC2. The summed E-state index contributed by atoms with van der Waals surface area (Å²) >= 11 is 0. The van der Waals surface area contributed by atoms with Gasteiger partial charge in [0, 0.05) is 56.5 Å². The van der Waals surface area contributed by atoms with Crippen LogP contribution in [0.3, 0.4) is 0 Å². The molecule has 2 aromatic heterocycles. The van der Waals surface area contributed by atoms with E-state index in [-0.39, 0.29) is 17.4 Å². The number of likely N-dealkylation sites (tertiary alicyclic amines) is 1. The molecule has 4 rings (SSSR count). The van der Waals surface area contributed by atoms with Crippen LogP contribution in [0.25, 0.3) is 0 Å². The summed E-state index contributed by atoms with van der Waals surface area (Å²) in [6.07, 6.45) is 5.49. The molecule has 7 nitrogen and oxygen atoms in total. The first-order valence-corrected chi connectivity index (χ1v) is 8.93. The van der Waals surface area contributed by atoms with Gasteiger partial charge in [0.05, 0.1) is 0 Å². The largest absolute Gasteiger partial charge is 0.337 e. The highest BCUT2D eigenvalue weighted by atomic mass is 16.2. The van der Waals surface area contributed by atoms with Crippen LogP contribution in [-0.2, 0) is 20.0 Å². The highest BCUT2D eigenvalue weighted by Gasteiger charge is 2.31. The minimum atomic E-state index is -0.113. The van der Waals surface area contributed by atoms with Crippen molar-refractivity contribution < 1.29 is 4.79 Å². The Morgan fingerprint density at radius 1 is 1.28 bits per heavy atom. The van der Waals surface area contributed by atoms with Crippen LogP contribution in [0.15, 0.2) is 17.1 Å². The standard InChI is InChI=1S/C18H23N5O2/c1-12-16(23-10-4-6-15(23)20-17(12)24)13-5-3-9-22(11-13)18(25)14-7-8-19-21(14)2/h7-8,13H,3-6,9-11H2,1-2H3. The highest BCUT2D eigenvalue weighted by molar-refractivity contribution is 5.92. The minimum Gasteiger partial charge on any atom is -0.337 e. The Kier molecular flexibility index (Phi) is 3.94. The van der Waals surface area contributed by atoms with E-state index in [0.717, 1.165) is 55.9 Å². The third-order valence-electron chi connectivity index (χ3n) is 5.46. The predicted molar refractivity (Wildman–Crippen MR) is 92.6 cm³/mol. The molecule has 2 aliphatic heterocycles. The van der Waals surface area contributed by atoms with Crippen LogP contribution in [0.5, 0.6) is 0 Å². The van der Waals surface area contributed by atoms with E-state index in [1.54, 1.807) is 24.0 Å². The average Bonchev–Trinajstić information content (AvgIpc) is 3.24. The lowest BCUT2D eigenvalue weighted by molar-refractivity contribution is 0.0693. The number of amides is 1. The Labute approximate surface area is 146 Å². The Bertz CT molecular complexity index is 882. The van der Waals surface area contributed by atoms with Crippen LogP contribution in [-0.4, -0.2) is 43.2 Å². The fraction of sp³-hybridized carbons (Fsp3) is 0.556. The molecule has 1 saturated heterocycles. The molecule has 25 heavy (non-hydrogen) atoms. The van der Waals surface area contributed by atoms with Crippen LogP contribution >= 0.6 is 0 Å². The first-order chi connectivity index (χ1) is 12.1. The zero-order chi connectivity index (χ0) is 17.6. The lowest BCUT2D eigenvalue weighted by atomic mass is 9.91. The molecule has 132 valence electrons. The minimum absolute atomic E-state index is 0.0143. The number of carbonyl (C=O) groups is 1. The van der Waals surface area contributed by atoms with Crippen molar-refractivity contribution >= 4 is 5.91 Å². The summed E-state index contributed by atoms with van der Waals surface area (Å²) in [5.41, 5.74) is 2.33. The Morgan fingerprint density at radius 2 is 2.12 bits per heavy atom. The van der Waals surface area contributed by atoms with Gasteiger partial charge >= 0.3 is 0 Å². The predicted octanol–water partition coefficient (Wildman–Crippen LogP) is 1.25. The molecular formula is C18H23N5O2. The number of carbonyl (C=O) groups excluding carboxylic acids is 1. The quantitative estimate of drug-likeness (QED) is 0.824. The molecule has 0 spiro atoms. The Morgan fingerprint density at radius 3 is 2.88 bits per heavy atom. The van der Waals surface area contributed by atoms with Gasteiger partial charge in [-0.1, -0.05) is 0 Å². The van der Waals surface area contributed by atoms with Crippen molar-refractivity contribution in [3.8, 4) is 0 Å². The van der Waals surface area contributed by atoms with E-state index in [1.807, 2.05) is 11.8 Å². The first-order valence-electron chi connectivity index (χ1n) is 8.93. The van der Waals surface area contributed by atoms with Crippen molar-refractivity contribution in [2.24, 2.45) is 7.05 Å². The molecule has 7 heteroatoms. The number of nitrogens with zero attached hydrogens (tertiary/aromatic N) is 5. The fourth-order valence-corrected chi connectivity index (χ4v) is 4.21. The smallest absolute Gasteiger partial charge is 0.276 e. The van der Waals surface area contributed by atoms with Crippen LogP contribution < -0.4 is 5.56 Å². The average molecular weight is 341 g/mol. The van der Waals surface area contributed by atoms with Crippen LogP contribution in [0.4, 0.5) is 0 Å². The van der Waals surface area contributed by atoms with Gasteiger partial charge in [-0.25, -0.2) is 0 Å². The molecule has 4 heterocycles. The zero-order valence-electron chi connectivity index (χ0n) is 14.7. The van der Waals surface area contributed by atoms with E-state index in [2.05, 4.69) is 14.6 Å². The van der Waals surface area contributed by atoms with E-state index in [0.29, 0.717) is 12.2 Å². The van der Waals surface area contributed by atoms with Crippen molar-refractivity contribution in [1.29, 1.82) is 0 Å². The summed E-state index contributed by atoms with van der Waals surface area (Å²) in [5, 5.41) is 4.10. The van der Waals surface area contributed by atoms with E-state index in [1.165, 1.54) is 0 Å². The molecule has 1 atom stereocenters. The molecule has 0 saturated carbocycles. The maximum atomic E-state index is 12.8. The normalized spacial score (nSPS) is 19.9. The van der Waals surface area contributed by atoms with Gasteiger partial charge < -0.3 is 9.47 Å². The van der Waals surface area contributed by atoms with Crippen molar-refractivity contribution in [3.05, 3.63) is 45.4 Å². The number of piperidine rings is 1. The van der Waals surface area contributed by atoms with Gasteiger partial charge in [-0.2, -0.15) is 10.1 Å². The topological polar surface area (TPSA) is 73.0 Å². The second-order valence-electron chi connectivity index (χ2n) is 7.03. The number of aromatic nitrogens is 4. The van der Waals surface area contributed by atoms with Gasteiger partial charge in [-0.3, -0.25) is 14.3 Å². The van der Waals surface area contributed by atoms with Gasteiger partial charge in [-0.05, 0) is 32.3 Å². The van der Waals surface area contributed by atoms with Gasteiger partial charge in [0.25, 0.3) is 11.5 Å². The zero-order valence-corrected chi connectivity index (χ0v) is 14.7. The van der Waals surface area contributed by atoms with Crippen LogP contribution in [0.2, 0.25) is 0 Å². The second kappa shape index (κ2) is 6.13. The molecule has 0 aromatic carbocycles. The maximum absolute atomic E-state index is 12.8. The van der Waals surface area contributed by atoms with Gasteiger partial charge in [-0.15, -0.1) is 0 Å². The molecule has 2 aliphatic rings. The van der Waals surface area contributed by atoms with E-state index in [4.69, 9.17) is 0 Å². The number of hydrogen-bond acceptors (Lipinski definition) is 4. The summed E-state index contributed by atoms with van der Waals surface area (Å²) < 4.78 is 3.84. The van der Waals surface area contributed by atoms with Crippen LogP contribution in [0.1, 0.15) is 52.8 Å². The second-order valence-corrected chi connectivity index (χ2v) is 7.03. The summed E-state index contributed by atoms with van der Waals surface area (Å²) in [5.74, 6) is 1.11. The molecule has 0 radical (unpaired) electrons. The summed E-state index contributed by atoms with van der Waals surface area (Å²) in [4.78, 5) is 31.2. The van der Waals surface area contributed by atoms with Crippen LogP contribution in [0, 0.1) is 6.92 Å². The highest BCUT2D eigenvalue weighted by Crippen LogP contribution is 2.31. The van der Waals surface area contributed by atoms with E-state index in [9.17, 15) is 9.59 Å². The molecular weight excluding hydrogens is 318 g/mol. The summed E-state index contributed by atoms with van der Waals surface area (Å²) in [6.45, 7) is 4.19. The molecule has 1 fully saturated rings. The molecule has 0 aliphatic carbocycles. The molecule has 1 unspecified atom stereocenters. The van der Waals surface area contributed by atoms with Crippen molar-refractivity contribution in [2.45, 2.75) is 45.1 Å². The van der Waals surface area contributed by atoms with Crippen molar-refractivity contribution in [1.82, 2.24) is 24.2 Å². The van der Waals surface area contributed by atoms with Gasteiger partial charge in [0.15, 0.2) is 0 Å². The fourth-order valence-electron chi connectivity index (χ4n) is 4.21. The lowest BCUT2D eigenvalue weighted by Gasteiger charge is -2.34. The monoisotopic (exact) mass is 341 g/mol. The van der Waals surface area contributed by atoms with E-state index >= 15 is 0 Å². The van der Waals surface area contributed by atoms with Crippen molar-refractivity contribution in [3.63, 3.8) is 0 Å². The van der Waals surface area contributed by atoms with Crippen molar-refractivity contribution in [2.75, 3.05) is 13.1 Å². The maximum Gasteiger partial charge on any atom is 0.276 e. The Balaban J connectivity index is 1.66. The summed E-state index contributed by atoms with van der Waals surface area (Å²) in [7, 11) is 1.79. The molecule has 0 bridgehead atoms. The number of aryl methyl sites for hydroxylation is 2. The third-order valence-corrected chi connectivity index (χ3v) is 5.46. The number of rotatable bonds is 2. The Hall–Kier alpha value is -2.44. The number of hydrogen-bond donors (Lipinski definition) is 0. The van der Waals surface area contributed by atoms with E-state index < -0.39 is 0 Å². The first kappa shape index (κ1) is 16.1. The molecule has 0 N–H and O–H groups in total. The molecule has 2 aromatic rings. The summed E-state index contributed by atoms with van der Waals surface area (Å²) in [6, 6.07) is 1.76. The molecule has 1 amide bonds.